The van der Waals surface area contributed by atoms with E-state index in [0.717, 1.165) is 33.8 Å². The molecule has 96 valence electrons. The summed E-state index contributed by atoms with van der Waals surface area (Å²) in [5, 5.41) is 9.53. The zero-order valence-electron chi connectivity index (χ0n) is 11.0. The molecule has 0 aliphatic carbocycles. The van der Waals surface area contributed by atoms with Gasteiger partial charge >= 0.3 is 0 Å². The van der Waals surface area contributed by atoms with Gasteiger partial charge in [0, 0.05) is 10.9 Å². The Kier molecular flexibility index (Phi) is 2.29. The molecule has 4 rings (SSSR count). The van der Waals surface area contributed by atoms with Crippen molar-refractivity contribution in [3.8, 4) is 11.4 Å². The summed E-state index contributed by atoms with van der Waals surface area (Å²) in [6.45, 7) is 1.95. The van der Waals surface area contributed by atoms with Crippen LogP contribution in [0, 0.1) is 6.92 Å². The Balaban J connectivity index is 2.20. The van der Waals surface area contributed by atoms with E-state index in [9.17, 15) is 0 Å². The lowest BCUT2D eigenvalue weighted by Gasteiger charge is -2.08. The molecule has 0 N–H and O–H groups in total. The van der Waals surface area contributed by atoms with Crippen LogP contribution in [0.4, 0.5) is 0 Å². The Labute approximate surface area is 115 Å². The minimum atomic E-state index is 0.845. The first-order chi connectivity index (χ1) is 9.84. The molecule has 0 saturated heterocycles. The van der Waals surface area contributed by atoms with Crippen molar-refractivity contribution in [3.63, 3.8) is 0 Å². The van der Waals surface area contributed by atoms with Gasteiger partial charge in [0.05, 0.1) is 5.52 Å². The van der Waals surface area contributed by atoms with Crippen molar-refractivity contribution in [2.75, 3.05) is 0 Å². The Morgan fingerprint density at radius 1 is 0.850 bits per heavy atom. The molecule has 4 aromatic rings. The maximum Gasteiger partial charge on any atom is 0.171 e. The second-order valence-corrected chi connectivity index (χ2v) is 4.72. The lowest BCUT2D eigenvalue weighted by Crippen LogP contribution is -1.99. The molecule has 0 unspecified atom stereocenters. The molecule has 0 fully saturated rings. The monoisotopic (exact) mass is 260 g/mol. The van der Waals surface area contributed by atoms with Gasteiger partial charge in [-0.1, -0.05) is 42.5 Å². The van der Waals surface area contributed by atoms with E-state index in [0.29, 0.717) is 0 Å². The summed E-state index contributed by atoms with van der Waals surface area (Å²) >= 11 is 0. The number of para-hydroxylation sites is 1. The van der Waals surface area contributed by atoms with Crippen LogP contribution in [-0.2, 0) is 0 Å². The summed E-state index contributed by atoms with van der Waals surface area (Å²) in [7, 11) is 0. The van der Waals surface area contributed by atoms with Gasteiger partial charge < -0.3 is 0 Å². The second kappa shape index (κ2) is 4.13. The number of benzene rings is 2. The third kappa shape index (κ3) is 1.51. The van der Waals surface area contributed by atoms with Crippen LogP contribution in [0.5, 0.6) is 0 Å². The Morgan fingerprint density at radius 2 is 1.60 bits per heavy atom. The van der Waals surface area contributed by atoms with E-state index >= 15 is 0 Å². The summed E-state index contributed by atoms with van der Waals surface area (Å²) in [5.74, 6) is 1.72. The maximum atomic E-state index is 4.79. The number of hydrogen-bond acceptors (Lipinski definition) is 3. The van der Waals surface area contributed by atoms with Crippen LogP contribution in [0.1, 0.15) is 5.82 Å². The fourth-order valence-electron chi connectivity index (χ4n) is 2.50. The van der Waals surface area contributed by atoms with Crippen LogP contribution in [0.3, 0.4) is 0 Å². The van der Waals surface area contributed by atoms with Gasteiger partial charge in [0.25, 0.3) is 0 Å². The highest BCUT2D eigenvalue weighted by Gasteiger charge is 2.13. The number of nitrogens with zero attached hydrogens (tertiary/aromatic N) is 4. The zero-order chi connectivity index (χ0) is 13.5. The van der Waals surface area contributed by atoms with Crippen LogP contribution in [-0.4, -0.2) is 19.6 Å². The molecule has 0 atom stereocenters. The van der Waals surface area contributed by atoms with Gasteiger partial charge in [-0.2, -0.15) is 0 Å². The second-order valence-electron chi connectivity index (χ2n) is 4.72. The molecular formula is C16H12N4. The fraction of sp³-hybridized carbons (Fsp3) is 0.0625. The van der Waals surface area contributed by atoms with E-state index in [-0.39, 0.29) is 0 Å². The molecule has 2 aromatic heterocycles. The summed E-state index contributed by atoms with van der Waals surface area (Å²) in [4.78, 5) is 4.79. The van der Waals surface area contributed by atoms with Gasteiger partial charge in [-0.25, -0.2) is 4.98 Å². The molecule has 20 heavy (non-hydrogen) atoms. The molecule has 0 spiro atoms. The van der Waals surface area contributed by atoms with Crippen LogP contribution in [0.15, 0.2) is 54.6 Å². The van der Waals surface area contributed by atoms with E-state index in [2.05, 4.69) is 22.3 Å². The minimum absolute atomic E-state index is 0.845. The van der Waals surface area contributed by atoms with Crippen molar-refractivity contribution in [1.82, 2.24) is 19.6 Å². The molecule has 0 amide bonds. The Morgan fingerprint density at radius 3 is 2.45 bits per heavy atom. The number of fused-ring (bicyclic) bond motifs is 3. The molecule has 4 heteroatoms. The van der Waals surface area contributed by atoms with Crippen molar-refractivity contribution in [2.24, 2.45) is 0 Å². The van der Waals surface area contributed by atoms with Gasteiger partial charge in [-0.05, 0) is 19.1 Å². The van der Waals surface area contributed by atoms with Gasteiger partial charge in [0.2, 0.25) is 0 Å². The van der Waals surface area contributed by atoms with Gasteiger partial charge in [-0.3, -0.25) is 4.40 Å². The lowest BCUT2D eigenvalue weighted by atomic mass is 10.2. The van der Waals surface area contributed by atoms with Crippen LogP contribution < -0.4 is 0 Å². The summed E-state index contributed by atoms with van der Waals surface area (Å²) in [5.41, 5.74) is 2.85. The number of aryl methyl sites for hydroxylation is 1. The standard InChI is InChI=1S/C16H12N4/c1-11-18-19-16-13-9-5-6-10-14(13)17-15(20(11)16)12-7-3-2-4-8-12/h2-10H,1H3. The average molecular weight is 260 g/mol. The Bertz CT molecular complexity index is 910. The molecule has 0 aliphatic rings. The number of rotatable bonds is 1. The maximum absolute atomic E-state index is 4.79. The van der Waals surface area contributed by atoms with Gasteiger partial charge in [0.1, 0.15) is 11.6 Å². The first kappa shape index (κ1) is 11.1. The molecule has 2 heterocycles. The first-order valence-electron chi connectivity index (χ1n) is 6.50. The summed E-state index contributed by atoms with van der Waals surface area (Å²) < 4.78 is 2.01. The van der Waals surface area contributed by atoms with E-state index in [4.69, 9.17) is 4.98 Å². The van der Waals surface area contributed by atoms with Crippen molar-refractivity contribution in [1.29, 1.82) is 0 Å². The highest BCUT2D eigenvalue weighted by molar-refractivity contribution is 5.92. The van der Waals surface area contributed by atoms with Crippen LogP contribution in [0.25, 0.3) is 27.9 Å². The van der Waals surface area contributed by atoms with Crippen LogP contribution >= 0.6 is 0 Å². The van der Waals surface area contributed by atoms with E-state index < -0.39 is 0 Å². The highest BCUT2D eigenvalue weighted by Crippen LogP contribution is 2.25. The smallest absolute Gasteiger partial charge is 0.171 e. The molecule has 0 radical (unpaired) electrons. The lowest BCUT2D eigenvalue weighted by molar-refractivity contribution is 0.996. The molecule has 2 aromatic carbocycles. The van der Waals surface area contributed by atoms with Crippen molar-refractivity contribution in [2.45, 2.75) is 6.92 Å². The van der Waals surface area contributed by atoms with E-state index in [1.54, 1.807) is 0 Å². The van der Waals surface area contributed by atoms with Gasteiger partial charge in [0.15, 0.2) is 5.65 Å². The zero-order valence-corrected chi connectivity index (χ0v) is 11.0. The van der Waals surface area contributed by atoms with Crippen molar-refractivity contribution >= 4 is 16.6 Å². The predicted molar refractivity (Wildman–Crippen MR) is 78.5 cm³/mol. The SMILES string of the molecule is Cc1nnc2c3ccccc3nc(-c3ccccc3)n12. The average Bonchev–Trinajstić information content (AvgIpc) is 2.90. The summed E-state index contributed by atoms with van der Waals surface area (Å²) in [6, 6.07) is 18.1. The Hall–Kier alpha value is -2.75. The summed E-state index contributed by atoms with van der Waals surface area (Å²) in [6.07, 6.45) is 0. The van der Waals surface area contributed by atoms with E-state index in [1.807, 2.05) is 53.8 Å². The molecule has 0 saturated carbocycles. The predicted octanol–water partition coefficient (Wildman–Crippen LogP) is 3.25. The number of hydrogen-bond donors (Lipinski definition) is 0. The molecule has 4 nitrogen and oxygen atoms in total. The topological polar surface area (TPSA) is 43.1 Å². The van der Waals surface area contributed by atoms with Crippen LogP contribution in [0.2, 0.25) is 0 Å². The minimum Gasteiger partial charge on any atom is -0.262 e. The third-order valence-corrected chi connectivity index (χ3v) is 3.44. The van der Waals surface area contributed by atoms with Crippen molar-refractivity contribution < 1.29 is 0 Å². The van der Waals surface area contributed by atoms with E-state index in [1.165, 1.54) is 0 Å². The quantitative estimate of drug-likeness (QED) is 0.527. The number of aromatic nitrogens is 4. The third-order valence-electron chi connectivity index (χ3n) is 3.44. The fourth-order valence-corrected chi connectivity index (χ4v) is 2.50. The largest absolute Gasteiger partial charge is 0.262 e. The normalized spacial score (nSPS) is 11.2. The van der Waals surface area contributed by atoms with Gasteiger partial charge in [-0.15, -0.1) is 10.2 Å². The molecule has 0 bridgehead atoms. The van der Waals surface area contributed by atoms with Crippen molar-refractivity contribution in [3.05, 3.63) is 60.4 Å². The molecule has 0 aliphatic heterocycles. The molecular weight excluding hydrogens is 248 g/mol. The first-order valence-corrected chi connectivity index (χ1v) is 6.50. The highest BCUT2D eigenvalue weighted by atomic mass is 15.3.